The number of hydrogen-bond acceptors (Lipinski definition) is 5. The molecule has 10 heteroatoms. The third kappa shape index (κ3) is 3.73. The summed E-state index contributed by atoms with van der Waals surface area (Å²) in [5, 5.41) is 7.90. The number of ether oxygens (including phenoxy) is 1. The summed E-state index contributed by atoms with van der Waals surface area (Å²) in [5.74, 6) is 0.0749. The van der Waals surface area contributed by atoms with E-state index in [0.29, 0.717) is 5.69 Å². The lowest BCUT2D eigenvalue weighted by molar-refractivity contribution is 0.188. The van der Waals surface area contributed by atoms with Gasteiger partial charge in [0.1, 0.15) is 23.9 Å². The van der Waals surface area contributed by atoms with E-state index in [1.54, 1.807) is 10.9 Å². The average Bonchev–Trinajstić information content (AvgIpc) is 3.10. The summed E-state index contributed by atoms with van der Waals surface area (Å²) in [4.78, 5) is -0.0344. The predicted molar refractivity (Wildman–Crippen MR) is 100 cm³/mol. The van der Waals surface area contributed by atoms with Crippen LogP contribution < -0.4 is 4.74 Å². The van der Waals surface area contributed by atoms with Crippen LogP contribution in [0.25, 0.3) is 0 Å². The highest BCUT2D eigenvalue weighted by Gasteiger charge is 2.38. The zero-order valence-electron chi connectivity index (χ0n) is 14.6. The molecular formula is C18H16ClFN4O3S. The molecule has 0 atom stereocenters. The minimum absolute atomic E-state index is 0.0344. The number of nitrogens with zero attached hydrogens (tertiary/aromatic N) is 4. The summed E-state index contributed by atoms with van der Waals surface area (Å²) < 4.78 is 47.0. The van der Waals surface area contributed by atoms with Gasteiger partial charge in [-0.3, -0.25) is 0 Å². The third-order valence-electron chi connectivity index (χ3n) is 4.42. The third-order valence-corrected chi connectivity index (χ3v) is 6.54. The summed E-state index contributed by atoms with van der Waals surface area (Å²) in [6, 6.07) is 12.6. The number of para-hydroxylation sites is 1. The van der Waals surface area contributed by atoms with E-state index in [1.807, 2.05) is 30.3 Å². The second kappa shape index (κ2) is 7.50. The zero-order valence-corrected chi connectivity index (χ0v) is 16.1. The minimum Gasteiger partial charge on any atom is -0.487 e. The predicted octanol–water partition coefficient (Wildman–Crippen LogP) is 2.90. The van der Waals surface area contributed by atoms with Crippen molar-refractivity contribution in [2.45, 2.75) is 17.5 Å². The van der Waals surface area contributed by atoms with Crippen LogP contribution in [0, 0.1) is 5.82 Å². The molecule has 0 aliphatic carbocycles. The lowest BCUT2D eigenvalue weighted by Gasteiger charge is -2.37. The average molecular weight is 423 g/mol. The summed E-state index contributed by atoms with van der Waals surface area (Å²) in [5.41, 5.74) is 0.649. The van der Waals surface area contributed by atoms with Gasteiger partial charge in [-0.25, -0.2) is 17.5 Å². The lowest BCUT2D eigenvalue weighted by atomic mass is 10.2. The first-order valence-corrected chi connectivity index (χ1v) is 10.3. The van der Waals surface area contributed by atoms with Gasteiger partial charge < -0.3 is 4.74 Å². The van der Waals surface area contributed by atoms with Gasteiger partial charge >= 0.3 is 0 Å². The number of sulfonamides is 1. The normalized spacial score (nSPS) is 15.4. The van der Waals surface area contributed by atoms with E-state index in [0.717, 1.165) is 17.9 Å². The van der Waals surface area contributed by atoms with Gasteiger partial charge in [0.05, 0.1) is 22.2 Å². The highest BCUT2D eigenvalue weighted by atomic mass is 35.5. The Morgan fingerprint density at radius 2 is 1.93 bits per heavy atom. The van der Waals surface area contributed by atoms with Gasteiger partial charge in [0.25, 0.3) is 0 Å². The Morgan fingerprint density at radius 1 is 1.18 bits per heavy atom. The molecule has 1 fully saturated rings. The number of benzene rings is 2. The summed E-state index contributed by atoms with van der Waals surface area (Å²) in [6.07, 6.45) is 1.74. The topological polar surface area (TPSA) is 77.3 Å². The number of aromatic nitrogens is 3. The van der Waals surface area contributed by atoms with Crippen LogP contribution in [0.1, 0.15) is 11.7 Å². The molecule has 0 bridgehead atoms. The van der Waals surface area contributed by atoms with Crippen LogP contribution in [0.5, 0.6) is 5.75 Å². The van der Waals surface area contributed by atoms with E-state index in [2.05, 4.69) is 10.3 Å². The summed E-state index contributed by atoms with van der Waals surface area (Å²) >= 11 is 5.69. The van der Waals surface area contributed by atoms with E-state index in [9.17, 15) is 12.8 Å². The number of halogens is 2. The van der Waals surface area contributed by atoms with E-state index < -0.39 is 15.8 Å². The van der Waals surface area contributed by atoms with Crippen molar-refractivity contribution < 1.29 is 17.5 Å². The van der Waals surface area contributed by atoms with Gasteiger partial charge in [0.15, 0.2) is 0 Å². The Kier molecular flexibility index (Phi) is 5.05. The highest BCUT2D eigenvalue weighted by Crippen LogP contribution is 2.29. The SMILES string of the molecule is O=S(=O)(c1ccc(F)c(Cl)c1)N1CC(n2cc(COc3ccccc3)nn2)C1. The van der Waals surface area contributed by atoms with Crippen molar-refractivity contribution >= 4 is 21.6 Å². The zero-order chi connectivity index (χ0) is 19.7. The van der Waals surface area contributed by atoms with Crippen LogP contribution in [0.15, 0.2) is 59.6 Å². The molecule has 2 heterocycles. The number of rotatable bonds is 6. The van der Waals surface area contributed by atoms with E-state index in [4.69, 9.17) is 16.3 Å². The molecule has 0 amide bonds. The Balaban J connectivity index is 1.37. The van der Waals surface area contributed by atoms with Gasteiger partial charge in [0, 0.05) is 13.1 Å². The van der Waals surface area contributed by atoms with Crippen LogP contribution in [-0.2, 0) is 16.6 Å². The Morgan fingerprint density at radius 3 is 2.64 bits per heavy atom. The molecule has 1 aliphatic rings. The molecule has 0 radical (unpaired) electrons. The first-order valence-electron chi connectivity index (χ1n) is 8.47. The fourth-order valence-electron chi connectivity index (χ4n) is 2.80. The van der Waals surface area contributed by atoms with E-state index in [1.165, 1.54) is 10.4 Å². The fourth-order valence-corrected chi connectivity index (χ4v) is 4.59. The molecule has 0 saturated carbocycles. The van der Waals surface area contributed by atoms with Gasteiger partial charge in [-0.05, 0) is 30.3 Å². The molecule has 2 aromatic carbocycles. The van der Waals surface area contributed by atoms with Crippen LogP contribution in [-0.4, -0.2) is 40.8 Å². The van der Waals surface area contributed by atoms with Crippen LogP contribution in [0.2, 0.25) is 5.02 Å². The fraction of sp³-hybridized carbons (Fsp3) is 0.222. The molecule has 3 aromatic rings. The molecule has 0 spiro atoms. The monoisotopic (exact) mass is 422 g/mol. The van der Waals surface area contributed by atoms with Crippen LogP contribution >= 0.6 is 11.6 Å². The van der Waals surface area contributed by atoms with Gasteiger partial charge in [-0.2, -0.15) is 4.31 Å². The molecular weight excluding hydrogens is 407 g/mol. The van der Waals surface area contributed by atoms with Crippen molar-refractivity contribution in [3.05, 3.63) is 71.3 Å². The summed E-state index contributed by atoms with van der Waals surface area (Å²) in [7, 11) is -3.73. The highest BCUT2D eigenvalue weighted by molar-refractivity contribution is 7.89. The molecule has 7 nitrogen and oxygen atoms in total. The van der Waals surface area contributed by atoms with Gasteiger partial charge in [0.2, 0.25) is 10.0 Å². The molecule has 1 aromatic heterocycles. The summed E-state index contributed by atoms with van der Waals surface area (Å²) in [6.45, 7) is 0.770. The van der Waals surface area contributed by atoms with Crippen molar-refractivity contribution in [2.75, 3.05) is 13.1 Å². The molecule has 1 aliphatic heterocycles. The maximum absolute atomic E-state index is 13.3. The Hall–Kier alpha value is -2.49. The van der Waals surface area contributed by atoms with Gasteiger partial charge in [-0.15, -0.1) is 5.10 Å². The van der Waals surface area contributed by atoms with Crippen molar-refractivity contribution in [3.8, 4) is 5.75 Å². The molecule has 4 rings (SSSR count). The van der Waals surface area contributed by atoms with E-state index >= 15 is 0 Å². The smallest absolute Gasteiger partial charge is 0.243 e. The lowest BCUT2D eigenvalue weighted by Crippen LogP contribution is -2.50. The van der Waals surface area contributed by atoms with Crippen molar-refractivity contribution in [1.29, 1.82) is 0 Å². The molecule has 1 saturated heterocycles. The second-order valence-electron chi connectivity index (χ2n) is 6.34. The first-order chi connectivity index (χ1) is 13.4. The first kappa shape index (κ1) is 18.9. The molecule has 146 valence electrons. The Bertz CT molecular complexity index is 1090. The van der Waals surface area contributed by atoms with Crippen LogP contribution in [0.3, 0.4) is 0 Å². The van der Waals surface area contributed by atoms with Crippen molar-refractivity contribution in [3.63, 3.8) is 0 Å². The standard InChI is InChI=1S/C18H16ClFN4O3S/c19-17-8-16(6-7-18(17)20)28(25,26)23-10-14(11-23)24-9-13(21-22-24)12-27-15-4-2-1-3-5-15/h1-9,14H,10-12H2. The van der Waals surface area contributed by atoms with E-state index in [-0.39, 0.29) is 35.7 Å². The molecule has 28 heavy (non-hydrogen) atoms. The molecule has 0 N–H and O–H groups in total. The minimum atomic E-state index is -3.73. The van der Waals surface area contributed by atoms with Gasteiger partial charge in [-0.1, -0.05) is 35.0 Å². The number of hydrogen-bond donors (Lipinski definition) is 0. The molecule has 0 unspecified atom stereocenters. The van der Waals surface area contributed by atoms with Crippen molar-refractivity contribution in [2.24, 2.45) is 0 Å². The Labute approximate surface area is 166 Å². The van der Waals surface area contributed by atoms with Crippen molar-refractivity contribution in [1.82, 2.24) is 19.3 Å². The second-order valence-corrected chi connectivity index (χ2v) is 8.69. The van der Waals surface area contributed by atoms with Crippen LogP contribution in [0.4, 0.5) is 4.39 Å². The quantitative estimate of drug-likeness (QED) is 0.610. The largest absolute Gasteiger partial charge is 0.487 e. The maximum Gasteiger partial charge on any atom is 0.243 e. The maximum atomic E-state index is 13.3.